The molecule has 0 radical (unpaired) electrons. The van der Waals surface area contributed by atoms with Crippen molar-refractivity contribution in [1.82, 2.24) is 4.72 Å². The van der Waals surface area contributed by atoms with Crippen LogP contribution in [-0.2, 0) is 29.1 Å². The second kappa shape index (κ2) is 8.79. The van der Waals surface area contributed by atoms with Crippen LogP contribution in [0.5, 0.6) is 0 Å². The van der Waals surface area contributed by atoms with Gasteiger partial charge in [-0.25, -0.2) is 8.42 Å². The normalized spacial score (nSPS) is 13.8. The SMILES string of the molecule is CC[C@H](C)c1ccc(S(=O)(=O)N[C@@H](CC(=O)OC)C(=O)OC)cc1. The molecule has 0 saturated carbocycles. The Morgan fingerprint density at radius 1 is 1.12 bits per heavy atom. The third kappa shape index (κ3) is 5.31. The van der Waals surface area contributed by atoms with Gasteiger partial charge in [-0.15, -0.1) is 0 Å². The van der Waals surface area contributed by atoms with E-state index in [0.29, 0.717) is 5.92 Å². The lowest BCUT2D eigenvalue weighted by Gasteiger charge is -2.16. The summed E-state index contributed by atoms with van der Waals surface area (Å²) in [6.07, 6.45) is 0.487. The molecule has 0 aliphatic carbocycles. The molecule has 0 amide bonds. The molecule has 7 nitrogen and oxygen atoms in total. The predicted molar refractivity (Wildman–Crippen MR) is 87.9 cm³/mol. The summed E-state index contributed by atoms with van der Waals surface area (Å²) in [5.74, 6) is -1.27. The van der Waals surface area contributed by atoms with E-state index >= 15 is 0 Å². The lowest BCUT2D eigenvalue weighted by Crippen LogP contribution is -2.43. The molecule has 8 heteroatoms. The average molecular weight is 357 g/mol. The molecule has 0 aliphatic rings. The highest BCUT2D eigenvalue weighted by molar-refractivity contribution is 7.89. The highest BCUT2D eigenvalue weighted by Gasteiger charge is 2.29. The molecule has 0 spiro atoms. The van der Waals surface area contributed by atoms with E-state index in [1.807, 2.05) is 13.8 Å². The fraction of sp³-hybridized carbons (Fsp3) is 0.500. The smallest absolute Gasteiger partial charge is 0.324 e. The molecule has 0 aromatic heterocycles. The minimum atomic E-state index is -3.98. The number of hydrogen-bond acceptors (Lipinski definition) is 6. The van der Waals surface area contributed by atoms with E-state index in [9.17, 15) is 18.0 Å². The van der Waals surface area contributed by atoms with Gasteiger partial charge >= 0.3 is 11.9 Å². The van der Waals surface area contributed by atoms with Crippen LogP contribution in [0.3, 0.4) is 0 Å². The molecule has 1 rings (SSSR count). The molecule has 1 N–H and O–H groups in total. The van der Waals surface area contributed by atoms with Crippen LogP contribution in [0.1, 0.15) is 38.2 Å². The van der Waals surface area contributed by atoms with Crippen LogP contribution in [0.4, 0.5) is 0 Å². The molecule has 1 aromatic rings. The third-order valence-electron chi connectivity index (χ3n) is 3.75. The van der Waals surface area contributed by atoms with Crippen molar-refractivity contribution in [2.75, 3.05) is 14.2 Å². The maximum Gasteiger partial charge on any atom is 0.324 e. The largest absolute Gasteiger partial charge is 0.469 e. The second-order valence-corrected chi connectivity index (χ2v) is 7.07. The number of rotatable bonds is 8. The summed E-state index contributed by atoms with van der Waals surface area (Å²) in [5, 5.41) is 0. The number of carbonyl (C=O) groups excluding carboxylic acids is 2. The van der Waals surface area contributed by atoms with Gasteiger partial charge in [0.05, 0.1) is 25.5 Å². The van der Waals surface area contributed by atoms with Gasteiger partial charge in [0.25, 0.3) is 0 Å². The second-order valence-electron chi connectivity index (χ2n) is 5.36. The summed E-state index contributed by atoms with van der Waals surface area (Å²) in [5.41, 5.74) is 1.02. The molecule has 0 aliphatic heterocycles. The van der Waals surface area contributed by atoms with Gasteiger partial charge in [0.15, 0.2) is 0 Å². The Balaban J connectivity index is 3.00. The van der Waals surface area contributed by atoms with Gasteiger partial charge in [-0.2, -0.15) is 4.72 Å². The Labute approximate surface area is 142 Å². The summed E-state index contributed by atoms with van der Waals surface area (Å²) in [4.78, 5) is 23.1. The fourth-order valence-corrected chi connectivity index (χ4v) is 3.22. The Morgan fingerprint density at radius 3 is 2.17 bits per heavy atom. The Bertz CT molecular complexity index is 668. The molecule has 0 saturated heterocycles. The Kier molecular flexibility index (Phi) is 7.37. The van der Waals surface area contributed by atoms with Crippen molar-refractivity contribution in [3.8, 4) is 0 Å². The number of ether oxygens (including phenoxy) is 2. The zero-order valence-electron chi connectivity index (χ0n) is 14.2. The van der Waals surface area contributed by atoms with E-state index < -0.39 is 34.4 Å². The highest BCUT2D eigenvalue weighted by Crippen LogP contribution is 2.20. The number of carbonyl (C=O) groups is 2. The van der Waals surface area contributed by atoms with Crippen molar-refractivity contribution < 1.29 is 27.5 Å². The summed E-state index contributed by atoms with van der Waals surface area (Å²) in [7, 11) is -1.71. The Morgan fingerprint density at radius 2 is 1.71 bits per heavy atom. The van der Waals surface area contributed by atoms with Crippen molar-refractivity contribution in [2.45, 2.75) is 43.5 Å². The topological polar surface area (TPSA) is 98.8 Å². The van der Waals surface area contributed by atoms with Crippen molar-refractivity contribution in [1.29, 1.82) is 0 Å². The van der Waals surface area contributed by atoms with Gasteiger partial charge in [-0.1, -0.05) is 26.0 Å². The van der Waals surface area contributed by atoms with Crippen molar-refractivity contribution in [3.05, 3.63) is 29.8 Å². The monoisotopic (exact) mass is 357 g/mol. The average Bonchev–Trinajstić information content (AvgIpc) is 2.59. The lowest BCUT2D eigenvalue weighted by atomic mass is 9.99. The number of nitrogens with one attached hydrogen (secondary N) is 1. The van der Waals surface area contributed by atoms with E-state index in [1.165, 1.54) is 12.1 Å². The number of benzene rings is 1. The van der Waals surface area contributed by atoms with Crippen LogP contribution in [0.25, 0.3) is 0 Å². The van der Waals surface area contributed by atoms with Gasteiger partial charge < -0.3 is 9.47 Å². The fourth-order valence-electron chi connectivity index (χ4n) is 2.03. The first-order valence-corrected chi connectivity index (χ1v) is 9.00. The first kappa shape index (κ1) is 20.1. The highest BCUT2D eigenvalue weighted by atomic mass is 32.2. The van der Waals surface area contributed by atoms with Gasteiger partial charge in [0.2, 0.25) is 10.0 Å². The summed E-state index contributed by atoms with van der Waals surface area (Å²) in [6.45, 7) is 4.09. The standard InChI is InChI=1S/C16H23NO6S/c1-5-11(2)12-6-8-13(9-7-12)24(20,21)17-14(16(19)23-4)10-15(18)22-3/h6-9,11,14,17H,5,10H2,1-4H3/t11-,14-/m0/s1. The molecule has 0 heterocycles. The van der Waals surface area contributed by atoms with E-state index in [0.717, 1.165) is 26.2 Å². The third-order valence-corrected chi connectivity index (χ3v) is 5.24. The molecule has 24 heavy (non-hydrogen) atoms. The van der Waals surface area contributed by atoms with Crippen LogP contribution in [0.15, 0.2) is 29.2 Å². The van der Waals surface area contributed by atoms with Gasteiger partial charge in [-0.3, -0.25) is 9.59 Å². The van der Waals surface area contributed by atoms with E-state index in [4.69, 9.17) is 0 Å². The van der Waals surface area contributed by atoms with Crippen LogP contribution in [0, 0.1) is 0 Å². The van der Waals surface area contributed by atoms with Crippen LogP contribution >= 0.6 is 0 Å². The van der Waals surface area contributed by atoms with Crippen molar-refractivity contribution >= 4 is 22.0 Å². The summed E-state index contributed by atoms with van der Waals surface area (Å²) in [6, 6.07) is 5.06. The molecule has 2 atom stereocenters. The molecule has 1 aromatic carbocycles. The van der Waals surface area contributed by atoms with Crippen molar-refractivity contribution in [2.24, 2.45) is 0 Å². The van der Waals surface area contributed by atoms with E-state index in [1.54, 1.807) is 12.1 Å². The first-order valence-electron chi connectivity index (χ1n) is 7.52. The Hall–Kier alpha value is -1.93. The van der Waals surface area contributed by atoms with E-state index in [-0.39, 0.29) is 4.90 Å². The van der Waals surface area contributed by atoms with Gasteiger partial charge in [-0.05, 0) is 30.0 Å². The quantitative estimate of drug-likeness (QED) is 0.709. The van der Waals surface area contributed by atoms with Crippen LogP contribution in [-0.4, -0.2) is 40.6 Å². The minimum absolute atomic E-state index is 0.00771. The molecule has 0 bridgehead atoms. The zero-order chi connectivity index (χ0) is 18.3. The van der Waals surface area contributed by atoms with Crippen molar-refractivity contribution in [3.63, 3.8) is 0 Å². The minimum Gasteiger partial charge on any atom is -0.469 e. The molecule has 0 unspecified atom stereocenters. The summed E-state index contributed by atoms with van der Waals surface area (Å²) >= 11 is 0. The van der Waals surface area contributed by atoms with Gasteiger partial charge in [0, 0.05) is 0 Å². The number of sulfonamides is 1. The zero-order valence-corrected chi connectivity index (χ0v) is 15.1. The lowest BCUT2D eigenvalue weighted by molar-refractivity contribution is -0.149. The van der Waals surface area contributed by atoms with Crippen LogP contribution < -0.4 is 4.72 Å². The number of methoxy groups -OCH3 is 2. The van der Waals surface area contributed by atoms with E-state index in [2.05, 4.69) is 14.2 Å². The predicted octanol–water partition coefficient (Wildman–Crippen LogP) is 1.58. The molecular weight excluding hydrogens is 334 g/mol. The van der Waals surface area contributed by atoms with Gasteiger partial charge in [0.1, 0.15) is 6.04 Å². The number of esters is 2. The summed E-state index contributed by atoms with van der Waals surface area (Å²) < 4.78 is 36.0. The first-order chi connectivity index (χ1) is 11.2. The molecule has 134 valence electrons. The number of hydrogen-bond donors (Lipinski definition) is 1. The molecule has 0 fully saturated rings. The van der Waals surface area contributed by atoms with Crippen LogP contribution in [0.2, 0.25) is 0 Å². The maximum absolute atomic E-state index is 12.4. The maximum atomic E-state index is 12.4. The molecular formula is C16H23NO6S.